The molecule has 0 spiro atoms. The van der Waals surface area contributed by atoms with E-state index in [1.807, 2.05) is 13.8 Å². The second-order valence-corrected chi connectivity index (χ2v) is 6.38. The largest absolute Gasteiger partial charge is 0.303 e. The summed E-state index contributed by atoms with van der Waals surface area (Å²) in [6.07, 6.45) is 6.54. The molecule has 17 heavy (non-hydrogen) atoms. The minimum Gasteiger partial charge on any atom is -0.303 e. The molecule has 0 aliphatic carbocycles. The Hall–Kier alpha value is -0.410. The van der Waals surface area contributed by atoms with Crippen LogP contribution in [0.5, 0.6) is 0 Å². The minimum absolute atomic E-state index is 0.184. The van der Waals surface area contributed by atoms with E-state index in [1.54, 1.807) is 0 Å². The van der Waals surface area contributed by atoms with Crippen molar-refractivity contribution in [3.63, 3.8) is 0 Å². The first kappa shape index (κ1) is 13.0. The van der Waals surface area contributed by atoms with Crippen LogP contribution in [0.4, 0.5) is 0 Å². The van der Waals surface area contributed by atoms with Gasteiger partial charge in [-0.3, -0.25) is 4.90 Å². The van der Waals surface area contributed by atoms with Gasteiger partial charge in [0.05, 0.1) is 0 Å². The molecular formula is C14H26N2O. The van der Waals surface area contributed by atoms with E-state index in [4.69, 9.17) is 0 Å². The maximum absolute atomic E-state index is 11.0. The lowest BCUT2D eigenvalue weighted by atomic mass is 9.95. The summed E-state index contributed by atoms with van der Waals surface area (Å²) in [6.45, 7) is 9.89. The zero-order chi connectivity index (χ0) is 12.3. The van der Waals surface area contributed by atoms with Gasteiger partial charge in [-0.2, -0.15) is 0 Å². The third-order valence-corrected chi connectivity index (χ3v) is 4.10. The van der Waals surface area contributed by atoms with E-state index in [-0.39, 0.29) is 5.41 Å². The molecule has 2 fully saturated rings. The lowest BCUT2D eigenvalue weighted by Gasteiger charge is -2.32. The van der Waals surface area contributed by atoms with Gasteiger partial charge in [-0.15, -0.1) is 0 Å². The van der Waals surface area contributed by atoms with Crippen molar-refractivity contribution in [3.05, 3.63) is 0 Å². The summed E-state index contributed by atoms with van der Waals surface area (Å²) >= 11 is 0. The molecule has 3 nitrogen and oxygen atoms in total. The Morgan fingerprint density at radius 3 is 2.53 bits per heavy atom. The summed E-state index contributed by atoms with van der Waals surface area (Å²) < 4.78 is 0. The van der Waals surface area contributed by atoms with Gasteiger partial charge in [0.15, 0.2) is 0 Å². The van der Waals surface area contributed by atoms with E-state index >= 15 is 0 Å². The highest BCUT2D eigenvalue weighted by molar-refractivity contribution is 5.58. The maximum atomic E-state index is 11.0. The SMILES string of the molecule is CC(C)(C=O)CN1CCC(N2CCCCC2)C1. The van der Waals surface area contributed by atoms with Crippen LogP contribution in [0.3, 0.4) is 0 Å². The average Bonchev–Trinajstić information content (AvgIpc) is 2.78. The molecule has 0 N–H and O–H groups in total. The van der Waals surface area contributed by atoms with Crippen LogP contribution in [-0.2, 0) is 4.79 Å². The van der Waals surface area contributed by atoms with Crippen molar-refractivity contribution in [1.29, 1.82) is 0 Å². The normalized spacial score (nSPS) is 28.5. The van der Waals surface area contributed by atoms with Crippen LogP contribution < -0.4 is 0 Å². The first-order chi connectivity index (χ1) is 8.11. The Kier molecular flexibility index (Phi) is 4.21. The Morgan fingerprint density at radius 1 is 1.18 bits per heavy atom. The molecule has 2 saturated heterocycles. The van der Waals surface area contributed by atoms with Gasteiger partial charge in [-0.1, -0.05) is 20.3 Å². The fourth-order valence-electron chi connectivity index (χ4n) is 3.15. The van der Waals surface area contributed by atoms with Crippen LogP contribution in [0.25, 0.3) is 0 Å². The molecule has 2 aliphatic heterocycles. The predicted molar refractivity (Wildman–Crippen MR) is 70.1 cm³/mol. The summed E-state index contributed by atoms with van der Waals surface area (Å²) in [5, 5.41) is 0. The highest BCUT2D eigenvalue weighted by Crippen LogP contribution is 2.23. The van der Waals surface area contributed by atoms with Crippen LogP contribution in [0, 0.1) is 5.41 Å². The molecule has 2 rings (SSSR count). The monoisotopic (exact) mass is 238 g/mol. The van der Waals surface area contributed by atoms with Gasteiger partial charge in [-0.05, 0) is 38.9 Å². The molecule has 3 heteroatoms. The Labute approximate surface area is 105 Å². The molecule has 0 amide bonds. The molecule has 1 unspecified atom stereocenters. The van der Waals surface area contributed by atoms with Crippen molar-refractivity contribution >= 4 is 6.29 Å². The van der Waals surface area contributed by atoms with Gasteiger partial charge in [0.1, 0.15) is 6.29 Å². The fourth-order valence-corrected chi connectivity index (χ4v) is 3.15. The minimum atomic E-state index is -0.184. The Bertz CT molecular complexity index is 259. The van der Waals surface area contributed by atoms with Gasteiger partial charge >= 0.3 is 0 Å². The quantitative estimate of drug-likeness (QED) is 0.697. The number of hydrogen-bond donors (Lipinski definition) is 0. The van der Waals surface area contributed by atoms with Crippen LogP contribution in [-0.4, -0.2) is 54.9 Å². The highest BCUT2D eigenvalue weighted by atomic mass is 16.1. The number of rotatable bonds is 4. The second-order valence-electron chi connectivity index (χ2n) is 6.38. The summed E-state index contributed by atoms with van der Waals surface area (Å²) in [5.41, 5.74) is -0.184. The first-order valence-corrected chi connectivity index (χ1v) is 7.03. The molecule has 0 radical (unpaired) electrons. The number of aldehydes is 1. The second kappa shape index (κ2) is 5.49. The lowest BCUT2D eigenvalue weighted by Crippen LogP contribution is -2.42. The van der Waals surface area contributed by atoms with Gasteiger partial charge in [0, 0.05) is 24.5 Å². The number of piperidine rings is 1. The first-order valence-electron chi connectivity index (χ1n) is 7.03. The van der Waals surface area contributed by atoms with E-state index in [2.05, 4.69) is 9.80 Å². The molecule has 1 atom stereocenters. The standard InChI is InChI=1S/C14H26N2O/c1-14(2,12-17)11-15-9-6-13(10-15)16-7-4-3-5-8-16/h12-13H,3-11H2,1-2H3. The topological polar surface area (TPSA) is 23.6 Å². The van der Waals surface area contributed by atoms with E-state index in [0.717, 1.165) is 25.4 Å². The van der Waals surface area contributed by atoms with Gasteiger partial charge in [-0.25, -0.2) is 0 Å². The zero-order valence-electron chi connectivity index (χ0n) is 11.3. The summed E-state index contributed by atoms with van der Waals surface area (Å²) in [6, 6.07) is 0.748. The Balaban J connectivity index is 1.80. The Morgan fingerprint density at radius 2 is 1.88 bits per heavy atom. The maximum Gasteiger partial charge on any atom is 0.126 e. The molecule has 2 aliphatic rings. The van der Waals surface area contributed by atoms with Crippen molar-refractivity contribution in [2.75, 3.05) is 32.7 Å². The van der Waals surface area contributed by atoms with E-state index < -0.39 is 0 Å². The molecule has 0 saturated carbocycles. The number of carbonyl (C=O) groups is 1. The van der Waals surface area contributed by atoms with Crippen LogP contribution in [0.15, 0.2) is 0 Å². The van der Waals surface area contributed by atoms with Crippen LogP contribution in [0.2, 0.25) is 0 Å². The number of nitrogens with zero attached hydrogens (tertiary/aromatic N) is 2. The zero-order valence-corrected chi connectivity index (χ0v) is 11.3. The van der Waals surface area contributed by atoms with Crippen molar-refractivity contribution in [2.45, 2.75) is 45.6 Å². The van der Waals surface area contributed by atoms with Crippen LogP contribution >= 0.6 is 0 Å². The van der Waals surface area contributed by atoms with Crippen molar-refractivity contribution < 1.29 is 4.79 Å². The highest BCUT2D eigenvalue weighted by Gasteiger charge is 2.31. The van der Waals surface area contributed by atoms with E-state index in [9.17, 15) is 4.79 Å². The average molecular weight is 238 g/mol. The summed E-state index contributed by atoms with van der Waals surface area (Å²) in [7, 11) is 0. The van der Waals surface area contributed by atoms with Crippen molar-refractivity contribution in [2.24, 2.45) is 5.41 Å². The third kappa shape index (κ3) is 3.52. The molecule has 2 heterocycles. The number of carbonyl (C=O) groups excluding carboxylic acids is 1. The van der Waals surface area contributed by atoms with Crippen molar-refractivity contribution in [3.8, 4) is 0 Å². The van der Waals surface area contributed by atoms with Crippen LogP contribution in [0.1, 0.15) is 39.5 Å². The molecular weight excluding hydrogens is 212 g/mol. The van der Waals surface area contributed by atoms with Gasteiger partial charge < -0.3 is 9.69 Å². The molecule has 0 bridgehead atoms. The van der Waals surface area contributed by atoms with E-state index in [1.165, 1.54) is 45.3 Å². The summed E-state index contributed by atoms with van der Waals surface area (Å²) in [4.78, 5) is 16.1. The fraction of sp³-hybridized carbons (Fsp3) is 0.929. The number of hydrogen-bond acceptors (Lipinski definition) is 3. The van der Waals surface area contributed by atoms with Gasteiger partial charge in [0.2, 0.25) is 0 Å². The third-order valence-electron chi connectivity index (χ3n) is 4.10. The lowest BCUT2D eigenvalue weighted by molar-refractivity contribution is -0.115. The van der Waals surface area contributed by atoms with E-state index in [0.29, 0.717) is 0 Å². The van der Waals surface area contributed by atoms with Gasteiger partial charge in [0.25, 0.3) is 0 Å². The van der Waals surface area contributed by atoms with Crippen molar-refractivity contribution in [1.82, 2.24) is 9.80 Å². The predicted octanol–water partition coefficient (Wildman–Crippen LogP) is 1.77. The summed E-state index contributed by atoms with van der Waals surface area (Å²) in [5.74, 6) is 0. The smallest absolute Gasteiger partial charge is 0.126 e. The molecule has 0 aromatic heterocycles. The number of likely N-dealkylation sites (tertiary alicyclic amines) is 2. The molecule has 0 aromatic carbocycles. The molecule has 98 valence electrons. The molecule has 0 aromatic rings.